The fraction of sp³-hybridized carbons (Fsp3) is 0.811. The zero-order chi connectivity index (χ0) is 38.2. The highest BCUT2D eigenvalue weighted by Crippen LogP contribution is 2.58. The molecule has 4 saturated carbocycles. The van der Waals surface area contributed by atoms with E-state index < -0.39 is 82.0 Å². The van der Waals surface area contributed by atoms with Crippen LogP contribution in [0, 0.1) is 22.2 Å². The molecule has 15 nitrogen and oxygen atoms in total. The highest BCUT2D eigenvalue weighted by Gasteiger charge is 2.72. The van der Waals surface area contributed by atoms with Crippen LogP contribution in [-0.4, -0.2) is 93.8 Å². The van der Waals surface area contributed by atoms with Crippen LogP contribution in [0.3, 0.4) is 0 Å². The van der Waals surface area contributed by atoms with Crippen molar-refractivity contribution in [2.75, 3.05) is 6.54 Å². The average Bonchev–Trinajstić information content (AvgIpc) is 3.93. The van der Waals surface area contributed by atoms with Gasteiger partial charge in [-0.25, -0.2) is 4.79 Å². The van der Waals surface area contributed by atoms with Gasteiger partial charge in [0.25, 0.3) is 5.91 Å². The quantitative estimate of drug-likeness (QED) is 0.0801. The third-order valence-electron chi connectivity index (χ3n) is 12.6. The second kappa shape index (κ2) is 15.1. The van der Waals surface area contributed by atoms with Gasteiger partial charge in [0.05, 0.1) is 18.6 Å². The minimum atomic E-state index is -1.42. The number of hydrogen-bond donors (Lipinski definition) is 6. The van der Waals surface area contributed by atoms with Crippen molar-refractivity contribution in [3.63, 3.8) is 0 Å². The standard InChI is InChI=1S/C37H58N6O9/c1-34(2,3)37(27(45)28(37)46)20-36(15-9-6-10-16-36)42-33(51)41-26(35(4)13-7-5-8-14-35)31(49)43-19-22(52-32(39)50)18-24(43)30(48)40-23(17-21-11-12-21)25(44)29(38)47/h21-24,26,33,41-42,51H,5-20H2,1-4H3,(H2,38,47)(H2,39,50)(H,40,48)/t22-,23?,24+,26-,33?/m1/s1. The molecule has 4 amide bonds. The highest BCUT2D eigenvalue weighted by molar-refractivity contribution is 6.63. The van der Waals surface area contributed by atoms with E-state index in [0.29, 0.717) is 25.7 Å². The van der Waals surface area contributed by atoms with Gasteiger partial charge < -0.3 is 31.5 Å². The first-order chi connectivity index (χ1) is 24.3. The second-order valence-corrected chi connectivity index (χ2v) is 17.5. The largest absolute Gasteiger partial charge is 0.444 e. The number of carbonyl (C=O) groups excluding carboxylic acids is 7. The fourth-order valence-corrected chi connectivity index (χ4v) is 9.26. The number of amides is 4. The summed E-state index contributed by atoms with van der Waals surface area (Å²) in [7, 11) is 0. The molecule has 0 aromatic rings. The minimum Gasteiger partial charge on any atom is -0.444 e. The van der Waals surface area contributed by atoms with Crippen molar-refractivity contribution in [2.24, 2.45) is 33.6 Å². The predicted octanol–water partition coefficient (Wildman–Crippen LogP) is 1.46. The van der Waals surface area contributed by atoms with E-state index in [1.54, 1.807) is 0 Å². The number of Topliss-reactive ketones (excluding diaryl/α,β-unsaturated/α-hetero) is 3. The van der Waals surface area contributed by atoms with Crippen molar-refractivity contribution < 1.29 is 43.4 Å². The van der Waals surface area contributed by atoms with Crippen LogP contribution >= 0.6 is 0 Å². The summed E-state index contributed by atoms with van der Waals surface area (Å²) in [5.74, 6) is -3.91. The Morgan fingerprint density at radius 2 is 1.52 bits per heavy atom. The molecule has 1 saturated heterocycles. The summed E-state index contributed by atoms with van der Waals surface area (Å²) in [6.07, 6.45) is 6.63. The molecule has 52 heavy (non-hydrogen) atoms. The Kier molecular flexibility index (Phi) is 11.6. The first-order valence-corrected chi connectivity index (χ1v) is 19.0. The van der Waals surface area contributed by atoms with Gasteiger partial charge in [0.2, 0.25) is 29.2 Å². The molecule has 5 rings (SSSR count). The van der Waals surface area contributed by atoms with E-state index in [2.05, 4.69) is 16.0 Å². The predicted molar refractivity (Wildman–Crippen MR) is 188 cm³/mol. The molecule has 0 bridgehead atoms. The summed E-state index contributed by atoms with van der Waals surface area (Å²) in [5.41, 5.74) is 7.47. The lowest BCUT2D eigenvalue weighted by Crippen LogP contribution is -2.65. The number of hydrogen-bond acceptors (Lipinski definition) is 11. The number of aliphatic hydroxyl groups is 1. The van der Waals surface area contributed by atoms with E-state index >= 15 is 0 Å². The SMILES string of the molecule is CC1([C@H](NC(O)NC2(CC3(C(C)(C)C)C(=O)C3=O)CCCCC2)C(=O)N2C[C@H](OC(N)=O)C[C@H]2C(=O)NC(CC2CC2)C(=O)C(N)=O)CCCCC1. The summed E-state index contributed by atoms with van der Waals surface area (Å²) in [6, 6.07) is -3.34. The number of primary amides is 2. The smallest absolute Gasteiger partial charge is 0.404 e. The molecule has 5 fully saturated rings. The monoisotopic (exact) mass is 730 g/mol. The van der Waals surface area contributed by atoms with Gasteiger partial charge in [0.1, 0.15) is 17.6 Å². The van der Waals surface area contributed by atoms with E-state index in [4.69, 9.17) is 16.2 Å². The van der Waals surface area contributed by atoms with E-state index in [1.165, 1.54) is 4.90 Å². The van der Waals surface area contributed by atoms with Gasteiger partial charge in [-0.2, -0.15) is 0 Å². The molecule has 0 radical (unpaired) electrons. The van der Waals surface area contributed by atoms with Crippen LogP contribution in [0.2, 0.25) is 0 Å². The molecular formula is C37H58N6O9. The molecule has 0 aromatic carbocycles. The van der Waals surface area contributed by atoms with Crippen LogP contribution in [0.25, 0.3) is 0 Å². The topological polar surface area (TPSA) is 240 Å². The maximum atomic E-state index is 14.8. The second-order valence-electron chi connectivity index (χ2n) is 17.5. The third kappa shape index (κ3) is 8.36. The van der Waals surface area contributed by atoms with Gasteiger partial charge in [0.15, 0.2) is 6.35 Å². The van der Waals surface area contributed by atoms with Crippen molar-refractivity contribution in [3.8, 4) is 0 Å². The zero-order valence-corrected chi connectivity index (χ0v) is 31.1. The van der Waals surface area contributed by atoms with Crippen LogP contribution in [-0.2, 0) is 33.5 Å². The Bertz CT molecular complexity index is 1430. The maximum Gasteiger partial charge on any atom is 0.404 e. The summed E-state index contributed by atoms with van der Waals surface area (Å²) in [6.45, 7) is 7.47. The number of nitrogens with zero attached hydrogens (tertiary/aromatic N) is 1. The van der Waals surface area contributed by atoms with E-state index in [1.807, 2.05) is 27.7 Å². The van der Waals surface area contributed by atoms with E-state index in [-0.39, 0.29) is 43.3 Å². The van der Waals surface area contributed by atoms with Crippen LogP contribution in [0.1, 0.15) is 124 Å². The number of aliphatic hydroxyl groups excluding tert-OH is 1. The lowest BCUT2D eigenvalue weighted by Gasteiger charge is -2.46. The molecule has 290 valence electrons. The average molecular weight is 731 g/mol. The van der Waals surface area contributed by atoms with Gasteiger partial charge >= 0.3 is 6.09 Å². The molecule has 0 spiro atoms. The Morgan fingerprint density at radius 1 is 0.942 bits per heavy atom. The number of nitrogens with two attached hydrogens (primary N) is 2. The van der Waals surface area contributed by atoms with Gasteiger partial charge in [-0.05, 0) is 55.3 Å². The Balaban J connectivity index is 1.41. The van der Waals surface area contributed by atoms with Crippen molar-refractivity contribution in [3.05, 3.63) is 0 Å². The fourth-order valence-electron chi connectivity index (χ4n) is 9.26. The van der Waals surface area contributed by atoms with Crippen molar-refractivity contribution in [2.45, 2.75) is 160 Å². The van der Waals surface area contributed by atoms with Gasteiger partial charge in [-0.15, -0.1) is 0 Å². The van der Waals surface area contributed by atoms with E-state index in [9.17, 15) is 38.7 Å². The summed E-state index contributed by atoms with van der Waals surface area (Å²) < 4.78 is 5.27. The normalized spacial score (nSPS) is 26.9. The van der Waals surface area contributed by atoms with Crippen molar-refractivity contribution >= 4 is 41.2 Å². The molecule has 2 unspecified atom stereocenters. The van der Waals surface area contributed by atoms with Gasteiger partial charge in [-0.1, -0.05) is 79.1 Å². The molecule has 8 N–H and O–H groups in total. The zero-order valence-electron chi connectivity index (χ0n) is 31.1. The molecule has 0 aromatic heterocycles. The third-order valence-corrected chi connectivity index (χ3v) is 12.6. The lowest BCUT2D eigenvalue weighted by molar-refractivity contribution is -0.146. The minimum absolute atomic E-state index is 0.0916. The van der Waals surface area contributed by atoms with Crippen LogP contribution in [0.15, 0.2) is 0 Å². The maximum absolute atomic E-state index is 14.8. The number of nitrogens with one attached hydrogen (secondary N) is 3. The van der Waals surface area contributed by atoms with Crippen LogP contribution < -0.4 is 27.4 Å². The summed E-state index contributed by atoms with van der Waals surface area (Å²) in [4.78, 5) is 92.1. The summed E-state index contributed by atoms with van der Waals surface area (Å²) >= 11 is 0. The molecule has 1 aliphatic heterocycles. The first-order valence-electron chi connectivity index (χ1n) is 19.0. The highest BCUT2D eigenvalue weighted by atomic mass is 16.6. The van der Waals surface area contributed by atoms with Gasteiger partial charge in [-0.3, -0.25) is 39.4 Å². The number of ketones is 3. The first kappa shape index (κ1) is 39.8. The molecule has 5 atom stereocenters. The molecule has 15 heteroatoms. The number of ether oxygens (including phenoxy) is 1. The summed E-state index contributed by atoms with van der Waals surface area (Å²) in [5, 5.41) is 20.9. The molecule has 1 heterocycles. The Hall–Kier alpha value is -3.43. The van der Waals surface area contributed by atoms with E-state index in [0.717, 1.165) is 51.4 Å². The molecule has 4 aliphatic carbocycles. The Labute approximate surface area is 305 Å². The molecular weight excluding hydrogens is 672 g/mol. The number of likely N-dealkylation sites (tertiary alicyclic amines) is 1. The van der Waals surface area contributed by atoms with Crippen molar-refractivity contribution in [1.29, 1.82) is 0 Å². The van der Waals surface area contributed by atoms with Crippen molar-refractivity contribution in [1.82, 2.24) is 20.9 Å². The lowest BCUT2D eigenvalue weighted by atomic mass is 9.66. The number of carbonyl (C=O) groups is 7. The van der Waals surface area contributed by atoms with Gasteiger partial charge in [0, 0.05) is 12.0 Å². The van der Waals surface area contributed by atoms with Crippen LogP contribution in [0.5, 0.6) is 0 Å². The molecule has 5 aliphatic rings. The Morgan fingerprint density at radius 3 is 2.02 bits per heavy atom. The number of rotatable bonds is 15. The van der Waals surface area contributed by atoms with Crippen LogP contribution in [0.4, 0.5) is 4.79 Å².